The molecule has 0 amide bonds. The minimum atomic E-state index is -0.789. The van der Waals surface area contributed by atoms with E-state index in [-0.39, 0.29) is 6.04 Å². The second kappa shape index (κ2) is 3.86. The van der Waals surface area contributed by atoms with Crippen LogP contribution < -0.4 is 0 Å². The predicted octanol–water partition coefficient (Wildman–Crippen LogP) is 2.49. The molecule has 2 aliphatic heterocycles. The molecule has 16 heavy (non-hydrogen) atoms. The molecule has 0 saturated carbocycles. The van der Waals surface area contributed by atoms with E-state index in [1.54, 1.807) is 6.26 Å². The fourth-order valence-corrected chi connectivity index (χ4v) is 3.69. The van der Waals surface area contributed by atoms with Gasteiger partial charge >= 0.3 is 0 Å². The maximum Gasteiger partial charge on any atom is 0.151 e. The lowest BCUT2D eigenvalue weighted by atomic mass is 9.87. The van der Waals surface area contributed by atoms with Gasteiger partial charge in [0, 0.05) is 12.6 Å². The van der Waals surface area contributed by atoms with E-state index in [0.717, 1.165) is 30.4 Å². The van der Waals surface area contributed by atoms with Crippen molar-refractivity contribution in [2.75, 3.05) is 13.1 Å². The molecule has 0 spiro atoms. The van der Waals surface area contributed by atoms with Gasteiger partial charge in [-0.3, -0.25) is 4.90 Å². The molecule has 2 saturated heterocycles. The van der Waals surface area contributed by atoms with Crippen LogP contribution in [-0.4, -0.2) is 29.1 Å². The van der Waals surface area contributed by atoms with Crippen LogP contribution in [0.3, 0.4) is 0 Å². The van der Waals surface area contributed by atoms with Gasteiger partial charge in [0.2, 0.25) is 0 Å². The quantitative estimate of drug-likeness (QED) is 0.861. The molecule has 2 fully saturated rings. The second-order valence-electron chi connectivity index (χ2n) is 4.82. The Labute approximate surface area is 104 Å². The van der Waals surface area contributed by atoms with Gasteiger partial charge in [-0.1, -0.05) is 6.42 Å². The average Bonchev–Trinajstić information content (AvgIpc) is 2.86. The van der Waals surface area contributed by atoms with Crippen molar-refractivity contribution in [2.45, 2.75) is 37.3 Å². The van der Waals surface area contributed by atoms with Gasteiger partial charge in [0.25, 0.3) is 0 Å². The van der Waals surface area contributed by atoms with Crippen molar-refractivity contribution < 1.29 is 9.52 Å². The number of hydrogen-bond donors (Lipinski definition) is 1. The Morgan fingerprint density at radius 2 is 2.31 bits per heavy atom. The Bertz CT molecular complexity index is 392. The standard InChI is InChI=1S/C12H16BrNO2/c13-9-4-8-16-11(9)12(15)5-7-14-6-2-1-3-10(12)14/h4,8,10,15H,1-3,5-7H2. The van der Waals surface area contributed by atoms with E-state index in [4.69, 9.17) is 4.42 Å². The summed E-state index contributed by atoms with van der Waals surface area (Å²) in [6.45, 7) is 2.10. The molecule has 3 heterocycles. The Balaban J connectivity index is 1.96. The molecule has 1 N–H and O–H groups in total. The maximum absolute atomic E-state index is 10.9. The Hall–Kier alpha value is -0.320. The Morgan fingerprint density at radius 1 is 1.44 bits per heavy atom. The highest BCUT2D eigenvalue weighted by atomic mass is 79.9. The minimum absolute atomic E-state index is 0.240. The molecule has 1 aromatic rings. The third-order valence-corrected chi connectivity index (χ3v) is 4.58. The number of aliphatic hydroxyl groups is 1. The van der Waals surface area contributed by atoms with Crippen LogP contribution in [0.2, 0.25) is 0 Å². The van der Waals surface area contributed by atoms with Crippen molar-refractivity contribution in [3.05, 3.63) is 22.6 Å². The van der Waals surface area contributed by atoms with Crippen LogP contribution in [-0.2, 0) is 5.60 Å². The molecule has 0 aliphatic carbocycles. The minimum Gasteiger partial charge on any atom is -0.465 e. The zero-order chi connectivity index (χ0) is 11.2. The highest BCUT2D eigenvalue weighted by Crippen LogP contribution is 2.44. The lowest BCUT2D eigenvalue weighted by Gasteiger charge is -2.36. The SMILES string of the molecule is OC1(c2occc2Br)CCN2CCCCC21. The van der Waals surface area contributed by atoms with Gasteiger partial charge in [0.1, 0.15) is 5.60 Å². The number of furan rings is 1. The number of halogens is 1. The molecule has 3 nitrogen and oxygen atoms in total. The predicted molar refractivity (Wildman–Crippen MR) is 64.1 cm³/mol. The number of piperidine rings is 1. The van der Waals surface area contributed by atoms with Gasteiger partial charge in [0.05, 0.1) is 10.7 Å². The van der Waals surface area contributed by atoms with Crippen molar-refractivity contribution in [1.82, 2.24) is 4.90 Å². The number of rotatable bonds is 1. The molecule has 0 bridgehead atoms. The lowest BCUT2D eigenvalue weighted by molar-refractivity contribution is -0.0311. The molecule has 2 unspecified atom stereocenters. The molecule has 3 rings (SSSR count). The third kappa shape index (κ3) is 1.47. The van der Waals surface area contributed by atoms with Gasteiger partial charge in [0.15, 0.2) is 5.76 Å². The first-order valence-electron chi connectivity index (χ1n) is 5.92. The molecular weight excluding hydrogens is 270 g/mol. The molecule has 88 valence electrons. The van der Waals surface area contributed by atoms with E-state index in [1.807, 2.05) is 6.07 Å². The van der Waals surface area contributed by atoms with Crippen LogP contribution in [0.1, 0.15) is 31.4 Å². The van der Waals surface area contributed by atoms with E-state index >= 15 is 0 Å². The zero-order valence-corrected chi connectivity index (χ0v) is 10.7. The Kier molecular flexibility index (Phi) is 2.61. The van der Waals surface area contributed by atoms with Gasteiger partial charge in [-0.05, 0) is 47.8 Å². The fourth-order valence-electron chi connectivity index (χ4n) is 3.15. The van der Waals surface area contributed by atoms with Crippen LogP contribution in [0.15, 0.2) is 21.2 Å². The molecular formula is C12H16BrNO2. The van der Waals surface area contributed by atoms with E-state index in [9.17, 15) is 5.11 Å². The van der Waals surface area contributed by atoms with Gasteiger partial charge in [-0.2, -0.15) is 0 Å². The Morgan fingerprint density at radius 3 is 3.06 bits per heavy atom. The first kappa shape index (κ1) is 10.8. The largest absolute Gasteiger partial charge is 0.465 e. The van der Waals surface area contributed by atoms with E-state index in [1.165, 1.54) is 12.8 Å². The molecule has 1 aromatic heterocycles. The first-order valence-corrected chi connectivity index (χ1v) is 6.71. The smallest absolute Gasteiger partial charge is 0.151 e. The van der Waals surface area contributed by atoms with Crippen molar-refractivity contribution in [3.8, 4) is 0 Å². The van der Waals surface area contributed by atoms with Crippen molar-refractivity contribution >= 4 is 15.9 Å². The maximum atomic E-state index is 10.9. The molecule has 2 aliphatic rings. The molecule has 0 aromatic carbocycles. The van der Waals surface area contributed by atoms with Crippen LogP contribution in [0.4, 0.5) is 0 Å². The van der Waals surface area contributed by atoms with E-state index in [2.05, 4.69) is 20.8 Å². The zero-order valence-electron chi connectivity index (χ0n) is 9.16. The van der Waals surface area contributed by atoms with Crippen molar-refractivity contribution in [2.24, 2.45) is 0 Å². The van der Waals surface area contributed by atoms with Crippen LogP contribution in [0.5, 0.6) is 0 Å². The summed E-state index contributed by atoms with van der Waals surface area (Å²) < 4.78 is 6.37. The van der Waals surface area contributed by atoms with Gasteiger partial charge in [-0.15, -0.1) is 0 Å². The molecule has 0 radical (unpaired) electrons. The van der Waals surface area contributed by atoms with Crippen LogP contribution in [0, 0.1) is 0 Å². The summed E-state index contributed by atoms with van der Waals surface area (Å²) in [6, 6.07) is 2.10. The monoisotopic (exact) mass is 285 g/mol. The highest BCUT2D eigenvalue weighted by Gasteiger charge is 2.50. The summed E-state index contributed by atoms with van der Waals surface area (Å²) in [4.78, 5) is 2.40. The summed E-state index contributed by atoms with van der Waals surface area (Å²) in [6.07, 6.45) is 5.96. The average molecular weight is 286 g/mol. The fraction of sp³-hybridized carbons (Fsp3) is 0.667. The summed E-state index contributed by atoms with van der Waals surface area (Å²) in [7, 11) is 0. The highest BCUT2D eigenvalue weighted by molar-refractivity contribution is 9.10. The van der Waals surface area contributed by atoms with Crippen LogP contribution in [0.25, 0.3) is 0 Å². The van der Waals surface area contributed by atoms with Crippen molar-refractivity contribution in [3.63, 3.8) is 0 Å². The van der Waals surface area contributed by atoms with E-state index in [0.29, 0.717) is 5.76 Å². The normalized spacial score (nSPS) is 35.2. The van der Waals surface area contributed by atoms with E-state index < -0.39 is 5.60 Å². The first-order chi connectivity index (χ1) is 7.72. The number of hydrogen-bond acceptors (Lipinski definition) is 3. The lowest BCUT2D eigenvalue weighted by Crippen LogP contribution is -2.45. The summed E-state index contributed by atoms with van der Waals surface area (Å²) in [5.74, 6) is 0.710. The topological polar surface area (TPSA) is 36.6 Å². The van der Waals surface area contributed by atoms with Gasteiger partial charge < -0.3 is 9.52 Å². The second-order valence-corrected chi connectivity index (χ2v) is 5.67. The number of nitrogens with zero attached hydrogens (tertiary/aromatic N) is 1. The molecule has 4 heteroatoms. The third-order valence-electron chi connectivity index (χ3n) is 3.96. The van der Waals surface area contributed by atoms with Gasteiger partial charge in [-0.25, -0.2) is 0 Å². The molecule has 2 atom stereocenters. The van der Waals surface area contributed by atoms with Crippen molar-refractivity contribution in [1.29, 1.82) is 0 Å². The summed E-state index contributed by atoms with van der Waals surface area (Å²) >= 11 is 3.46. The van der Waals surface area contributed by atoms with Crippen LogP contribution >= 0.6 is 15.9 Å². The summed E-state index contributed by atoms with van der Waals surface area (Å²) in [5.41, 5.74) is -0.789. The number of fused-ring (bicyclic) bond motifs is 1. The summed E-state index contributed by atoms with van der Waals surface area (Å²) in [5, 5.41) is 10.9.